The van der Waals surface area contributed by atoms with Crippen LogP contribution in [0.3, 0.4) is 0 Å². The average Bonchev–Trinajstić information content (AvgIpc) is 2.23. The SMILES string of the molecule is CC(=O)CCC1=C(O)C(C)=C(C)C(=O)C1=O. The Morgan fingerprint density at radius 3 is 2.19 bits per heavy atom. The van der Waals surface area contributed by atoms with Crippen LogP contribution in [0.1, 0.15) is 33.6 Å². The van der Waals surface area contributed by atoms with Crippen LogP contribution in [-0.2, 0) is 14.4 Å². The van der Waals surface area contributed by atoms with Gasteiger partial charge in [-0.3, -0.25) is 9.59 Å². The molecule has 0 atom stereocenters. The molecule has 0 aromatic heterocycles. The monoisotopic (exact) mass is 222 g/mol. The first-order chi connectivity index (χ1) is 7.36. The highest BCUT2D eigenvalue weighted by Gasteiger charge is 2.30. The van der Waals surface area contributed by atoms with Crippen molar-refractivity contribution in [3.8, 4) is 0 Å². The number of allylic oxidation sites excluding steroid dienone is 3. The number of hydrogen-bond donors (Lipinski definition) is 1. The van der Waals surface area contributed by atoms with Gasteiger partial charge in [-0.2, -0.15) is 0 Å². The standard InChI is InChI=1S/C12H14O4/c1-6(13)4-5-9-10(14)7(2)8(3)11(15)12(9)16/h14H,4-5H2,1-3H3. The fraction of sp³-hybridized carbons (Fsp3) is 0.417. The summed E-state index contributed by atoms with van der Waals surface area (Å²) in [6.45, 7) is 4.50. The predicted octanol–water partition coefficient (Wildman–Crippen LogP) is 1.66. The molecule has 0 radical (unpaired) electrons. The van der Waals surface area contributed by atoms with E-state index in [-0.39, 0.29) is 35.5 Å². The first-order valence-corrected chi connectivity index (χ1v) is 5.04. The molecule has 4 nitrogen and oxygen atoms in total. The van der Waals surface area contributed by atoms with E-state index in [1.54, 1.807) is 6.92 Å². The Morgan fingerprint density at radius 2 is 1.69 bits per heavy atom. The van der Waals surface area contributed by atoms with Gasteiger partial charge in [-0.15, -0.1) is 0 Å². The summed E-state index contributed by atoms with van der Waals surface area (Å²) in [5, 5.41) is 9.75. The van der Waals surface area contributed by atoms with Crippen molar-refractivity contribution in [2.45, 2.75) is 33.6 Å². The molecular weight excluding hydrogens is 208 g/mol. The Bertz CT molecular complexity index is 438. The maximum absolute atomic E-state index is 11.6. The van der Waals surface area contributed by atoms with E-state index in [4.69, 9.17) is 0 Å². The Hall–Kier alpha value is -1.71. The quantitative estimate of drug-likeness (QED) is 0.582. The van der Waals surface area contributed by atoms with Gasteiger partial charge < -0.3 is 9.90 Å². The molecule has 0 spiro atoms. The maximum atomic E-state index is 11.6. The third kappa shape index (κ3) is 2.10. The van der Waals surface area contributed by atoms with Crippen LogP contribution in [0.4, 0.5) is 0 Å². The first-order valence-electron chi connectivity index (χ1n) is 5.04. The molecule has 1 N–H and O–H groups in total. The summed E-state index contributed by atoms with van der Waals surface area (Å²) < 4.78 is 0. The number of Topliss-reactive ketones (excluding diaryl/α,β-unsaturated/α-hetero) is 3. The molecule has 4 heteroatoms. The predicted molar refractivity (Wildman–Crippen MR) is 58.0 cm³/mol. The van der Waals surface area contributed by atoms with Gasteiger partial charge in [-0.1, -0.05) is 0 Å². The van der Waals surface area contributed by atoms with Crippen molar-refractivity contribution in [1.82, 2.24) is 0 Å². The summed E-state index contributed by atoms with van der Waals surface area (Å²) in [4.78, 5) is 33.9. The second kappa shape index (κ2) is 4.43. The van der Waals surface area contributed by atoms with E-state index in [0.29, 0.717) is 5.57 Å². The van der Waals surface area contributed by atoms with E-state index in [2.05, 4.69) is 0 Å². The number of ketones is 3. The Morgan fingerprint density at radius 1 is 1.12 bits per heavy atom. The minimum absolute atomic E-state index is 0.0586. The smallest absolute Gasteiger partial charge is 0.232 e. The third-order valence-corrected chi connectivity index (χ3v) is 2.75. The van der Waals surface area contributed by atoms with E-state index in [1.165, 1.54) is 13.8 Å². The summed E-state index contributed by atoms with van der Waals surface area (Å²) in [6, 6.07) is 0. The van der Waals surface area contributed by atoms with Crippen molar-refractivity contribution in [2.24, 2.45) is 0 Å². The van der Waals surface area contributed by atoms with Crippen molar-refractivity contribution < 1.29 is 19.5 Å². The van der Waals surface area contributed by atoms with Gasteiger partial charge in [0.15, 0.2) is 0 Å². The lowest BCUT2D eigenvalue weighted by Crippen LogP contribution is -2.24. The molecule has 0 bridgehead atoms. The lowest BCUT2D eigenvalue weighted by atomic mass is 9.87. The van der Waals surface area contributed by atoms with Crippen molar-refractivity contribution in [3.63, 3.8) is 0 Å². The van der Waals surface area contributed by atoms with E-state index in [0.717, 1.165) is 0 Å². The second-order valence-electron chi connectivity index (χ2n) is 3.94. The number of carbonyl (C=O) groups excluding carboxylic acids is 3. The maximum Gasteiger partial charge on any atom is 0.232 e. The molecule has 0 amide bonds. The highest BCUT2D eigenvalue weighted by atomic mass is 16.3. The molecule has 0 aromatic rings. The van der Waals surface area contributed by atoms with E-state index < -0.39 is 11.6 Å². The minimum Gasteiger partial charge on any atom is -0.507 e. The summed E-state index contributed by atoms with van der Waals surface area (Å²) in [5.41, 5.74) is 0.750. The number of aliphatic hydroxyl groups is 1. The summed E-state index contributed by atoms with van der Waals surface area (Å²) >= 11 is 0. The van der Waals surface area contributed by atoms with Crippen LogP contribution in [0.15, 0.2) is 22.5 Å². The van der Waals surface area contributed by atoms with Crippen LogP contribution in [0, 0.1) is 0 Å². The lowest BCUT2D eigenvalue weighted by Gasteiger charge is -2.16. The number of hydrogen-bond acceptors (Lipinski definition) is 4. The van der Waals surface area contributed by atoms with Gasteiger partial charge in [0, 0.05) is 17.6 Å². The Labute approximate surface area is 93.6 Å². The summed E-state index contributed by atoms with van der Waals surface area (Å²) in [6.07, 6.45) is 0.279. The minimum atomic E-state index is -0.693. The van der Waals surface area contributed by atoms with E-state index in [1.807, 2.05) is 0 Å². The number of rotatable bonds is 3. The molecule has 0 fully saturated rings. The fourth-order valence-corrected chi connectivity index (χ4v) is 1.52. The zero-order chi connectivity index (χ0) is 12.5. The molecule has 0 heterocycles. The Kier molecular flexibility index (Phi) is 3.42. The molecule has 1 aliphatic carbocycles. The van der Waals surface area contributed by atoms with Gasteiger partial charge in [-0.05, 0) is 32.8 Å². The molecule has 1 aliphatic rings. The number of aliphatic hydroxyl groups excluding tert-OH is 1. The molecular formula is C12H14O4. The molecule has 0 saturated carbocycles. The van der Waals surface area contributed by atoms with Crippen molar-refractivity contribution in [2.75, 3.05) is 0 Å². The van der Waals surface area contributed by atoms with Gasteiger partial charge in [0.25, 0.3) is 0 Å². The molecule has 86 valence electrons. The van der Waals surface area contributed by atoms with E-state index in [9.17, 15) is 19.5 Å². The van der Waals surface area contributed by atoms with Crippen LogP contribution < -0.4 is 0 Å². The van der Waals surface area contributed by atoms with Crippen LogP contribution in [-0.4, -0.2) is 22.5 Å². The zero-order valence-corrected chi connectivity index (χ0v) is 9.59. The molecule has 0 saturated heterocycles. The molecule has 16 heavy (non-hydrogen) atoms. The average molecular weight is 222 g/mol. The molecule has 1 rings (SSSR count). The molecule has 0 unspecified atom stereocenters. The van der Waals surface area contributed by atoms with Crippen molar-refractivity contribution in [3.05, 3.63) is 22.5 Å². The number of carbonyl (C=O) groups is 3. The topological polar surface area (TPSA) is 71.4 Å². The van der Waals surface area contributed by atoms with Gasteiger partial charge in [0.05, 0.1) is 0 Å². The van der Waals surface area contributed by atoms with Crippen LogP contribution in [0.5, 0.6) is 0 Å². The van der Waals surface area contributed by atoms with Gasteiger partial charge >= 0.3 is 0 Å². The zero-order valence-electron chi connectivity index (χ0n) is 9.59. The van der Waals surface area contributed by atoms with Crippen molar-refractivity contribution in [1.29, 1.82) is 0 Å². The highest BCUT2D eigenvalue weighted by molar-refractivity contribution is 6.50. The Balaban J connectivity index is 3.09. The van der Waals surface area contributed by atoms with E-state index >= 15 is 0 Å². The molecule has 0 aromatic carbocycles. The van der Waals surface area contributed by atoms with Gasteiger partial charge in [0.1, 0.15) is 11.5 Å². The second-order valence-corrected chi connectivity index (χ2v) is 3.94. The largest absolute Gasteiger partial charge is 0.507 e. The van der Waals surface area contributed by atoms with Crippen LogP contribution in [0.25, 0.3) is 0 Å². The third-order valence-electron chi connectivity index (χ3n) is 2.75. The lowest BCUT2D eigenvalue weighted by molar-refractivity contribution is -0.132. The highest BCUT2D eigenvalue weighted by Crippen LogP contribution is 2.26. The molecule has 0 aliphatic heterocycles. The normalized spacial score (nSPS) is 17.2. The summed E-state index contributed by atoms with van der Waals surface area (Å²) in [5.74, 6) is -1.51. The fourth-order valence-electron chi connectivity index (χ4n) is 1.52. The van der Waals surface area contributed by atoms with Gasteiger partial charge in [0.2, 0.25) is 11.6 Å². The van der Waals surface area contributed by atoms with Gasteiger partial charge in [-0.25, -0.2) is 0 Å². The van der Waals surface area contributed by atoms with Crippen LogP contribution >= 0.6 is 0 Å². The summed E-state index contributed by atoms with van der Waals surface area (Å²) in [7, 11) is 0. The first kappa shape index (κ1) is 12.4. The van der Waals surface area contributed by atoms with Crippen LogP contribution in [0.2, 0.25) is 0 Å². The van der Waals surface area contributed by atoms with Crippen molar-refractivity contribution >= 4 is 17.3 Å².